The molecule has 1 saturated heterocycles. The van der Waals surface area contributed by atoms with Crippen LogP contribution in [0, 0.1) is 17.6 Å². The van der Waals surface area contributed by atoms with E-state index in [1.54, 1.807) is 6.92 Å². The van der Waals surface area contributed by atoms with Crippen molar-refractivity contribution in [2.75, 3.05) is 12.3 Å². The van der Waals surface area contributed by atoms with Crippen molar-refractivity contribution in [3.63, 3.8) is 0 Å². The zero-order valence-electron chi connectivity index (χ0n) is 11.4. The van der Waals surface area contributed by atoms with Crippen molar-refractivity contribution >= 4 is 15.7 Å². The van der Waals surface area contributed by atoms with Gasteiger partial charge in [0.15, 0.2) is 0 Å². The molecule has 1 aliphatic heterocycles. The van der Waals surface area contributed by atoms with Gasteiger partial charge in [-0.1, -0.05) is 6.92 Å². The minimum atomic E-state index is -3.99. The second-order valence-corrected chi connectivity index (χ2v) is 7.26. The molecule has 0 saturated carbocycles. The molecule has 112 valence electrons. The number of nitrogens with two attached hydrogens (primary N) is 1. The van der Waals surface area contributed by atoms with Crippen LogP contribution in [-0.4, -0.2) is 25.3 Å². The smallest absolute Gasteiger partial charge is 0.246 e. The van der Waals surface area contributed by atoms with Crippen LogP contribution < -0.4 is 5.73 Å². The van der Waals surface area contributed by atoms with E-state index in [2.05, 4.69) is 6.92 Å². The summed E-state index contributed by atoms with van der Waals surface area (Å²) in [7, 11) is -3.99. The van der Waals surface area contributed by atoms with Crippen molar-refractivity contribution in [3.05, 3.63) is 23.8 Å². The molecule has 0 aliphatic carbocycles. The quantitative estimate of drug-likeness (QED) is 0.853. The monoisotopic (exact) mass is 304 g/mol. The molecule has 0 amide bonds. The summed E-state index contributed by atoms with van der Waals surface area (Å²) in [6.45, 7) is 4.18. The molecule has 1 aromatic rings. The highest BCUT2D eigenvalue weighted by Crippen LogP contribution is 2.30. The van der Waals surface area contributed by atoms with E-state index in [-0.39, 0.29) is 11.7 Å². The molecular formula is C13H18F2N2O2S. The van der Waals surface area contributed by atoms with Gasteiger partial charge >= 0.3 is 0 Å². The fourth-order valence-electron chi connectivity index (χ4n) is 2.61. The average molecular weight is 304 g/mol. The van der Waals surface area contributed by atoms with Crippen LogP contribution in [-0.2, 0) is 10.0 Å². The van der Waals surface area contributed by atoms with E-state index >= 15 is 0 Å². The van der Waals surface area contributed by atoms with Crippen LogP contribution in [0.15, 0.2) is 17.0 Å². The van der Waals surface area contributed by atoms with Crippen molar-refractivity contribution in [1.29, 1.82) is 0 Å². The molecule has 7 heteroatoms. The molecule has 1 aliphatic rings. The molecular weight excluding hydrogens is 286 g/mol. The Morgan fingerprint density at radius 1 is 1.25 bits per heavy atom. The summed E-state index contributed by atoms with van der Waals surface area (Å²) in [6.07, 6.45) is 1.44. The molecule has 1 fully saturated rings. The van der Waals surface area contributed by atoms with Crippen LogP contribution >= 0.6 is 0 Å². The van der Waals surface area contributed by atoms with Gasteiger partial charge in [-0.3, -0.25) is 0 Å². The summed E-state index contributed by atoms with van der Waals surface area (Å²) in [6, 6.07) is 1.15. The van der Waals surface area contributed by atoms with Gasteiger partial charge in [0.25, 0.3) is 0 Å². The first kappa shape index (κ1) is 15.2. The Labute approximate surface area is 117 Å². The number of nitrogen functional groups attached to an aromatic ring is 1. The van der Waals surface area contributed by atoms with Gasteiger partial charge in [0, 0.05) is 18.7 Å². The van der Waals surface area contributed by atoms with Crippen molar-refractivity contribution in [3.8, 4) is 0 Å². The largest absolute Gasteiger partial charge is 0.396 e. The van der Waals surface area contributed by atoms with Crippen molar-refractivity contribution in [2.45, 2.75) is 37.6 Å². The number of piperidine rings is 1. The number of nitrogens with zero attached hydrogens (tertiary/aromatic N) is 1. The molecule has 4 nitrogen and oxygen atoms in total. The highest BCUT2D eigenvalue weighted by atomic mass is 32.2. The second kappa shape index (κ2) is 5.29. The van der Waals surface area contributed by atoms with Crippen LogP contribution in [0.1, 0.15) is 26.7 Å². The Morgan fingerprint density at radius 3 is 2.50 bits per heavy atom. The lowest BCUT2D eigenvalue weighted by molar-refractivity contribution is 0.219. The van der Waals surface area contributed by atoms with E-state index in [4.69, 9.17) is 5.73 Å². The summed E-state index contributed by atoms with van der Waals surface area (Å²) in [5, 5.41) is 0. The zero-order valence-corrected chi connectivity index (χ0v) is 12.3. The van der Waals surface area contributed by atoms with Gasteiger partial charge in [0.1, 0.15) is 16.5 Å². The third-order valence-corrected chi connectivity index (χ3v) is 5.74. The molecule has 0 bridgehead atoms. The number of halogens is 2. The predicted molar refractivity (Wildman–Crippen MR) is 72.5 cm³/mol. The van der Waals surface area contributed by atoms with Crippen LogP contribution in [0.5, 0.6) is 0 Å². The molecule has 2 rings (SSSR count). The molecule has 20 heavy (non-hydrogen) atoms. The molecule has 1 aromatic carbocycles. The third-order valence-electron chi connectivity index (χ3n) is 3.72. The van der Waals surface area contributed by atoms with Gasteiger partial charge < -0.3 is 5.73 Å². The number of sulfonamides is 1. The van der Waals surface area contributed by atoms with Gasteiger partial charge in [-0.05, 0) is 31.7 Å². The van der Waals surface area contributed by atoms with Gasteiger partial charge in [-0.2, -0.15) is 4.31 Å². The first-order valence-corrected chi connectivity index (χ1v) is 7.94. The molecule has 0 aromatic heterocycles. The highest BCUT2D eigenvalue weighted by molar-refractivity contribution is 7.89. The minimum absolute atomic E-state index is 0.213. The molecule has 0 radical (unpaired) electrons. The Morgan fingerprint density at radius 2 is 1.90 bits per heavy atom. The molecule has 1 heterocycles. The highest BCUT2D eigenvalue weighted by Gasteiger charge is 2.35. The Balaban J connectivity index is 2.43. The second-order valence-electron chi connectivity index (χ2n) is 5.40. The number of hydrogen-bond donors (Lipinski definition) is 1. The van der Waals surface area contributed by atoms with E-state index in [9.17, 15) is 17.2 Å². The fourth-order valence-corrected chi connectivity index (χ4v) is 4.35. The average Bonchev–Trinajstić information content (AvgIpc) is 2.33. The summed E-state index contributed by atoms with van der Waals surface area (Å²) >= 11 is 0. The minimum Gasteiger partial charge on any atom is -0.396 e. The molecule has 0 spiro atoms. The van der Waals surface area contributed by atoms with E-state index in [0.29, 0.717) is 18.5 Å². The number of rotatable bonds is 2. The fraction of sp³-hybridized carbons (Fsp3) is 0.538. The van der Waals surface area contributed by atoms with Gasteiger partial charge in [-0.25, -0.2) is 17.2 Å². The van der Waals surface area contributed by atoms with E-state index in [1.807, 2.05) is 0 Å². The summed E-state index contributed by atoms with van der Waals surface area (Å²) in [5.74, 6) is -1.64. The van der Waals surface area contributed by atoms with Gasteiger partial charge in [-0.15, -0.1) is 0 Å². The Bertz CT molecular complexity index is 619. The lowest BCUT2D eigenvalue weighted by Gasteiger charge is -2.35. The topological polar surface area (TPSA) is 63.4 Å². The molecule has 2 N–H and O–H groups in total. The lowest BCUT2D eigenvalue weighted by atomic mass is 9.95. The van der Waals surface area contributed by atoms with E-state index < -0.39 is 26.6 Å². The molecule has 2 unspecified atom stereocenters. The predicted octanol–water partition coefficient (Wildman–Crippen LogP) is 2.36. The van der Waals surface area contributed by atoms with Crippen molar-refractivity contribution in [2.24, 2.45) is 5.92 Å². The third kappa shape index (κ3) is 2.64. The Hall–Kier alpha value is -1.21. The first-order chi connectivity index (χ1) is 9.23. The first-order valence-electron chi connectivity index (χ1n) is 6.50. The van der Waals surface area contributed by atoms with Crippen LogP contribution in [0.4, 0.5) is 14.5 Å². The van der Waals surface area contributed by atoms with E-state index in [1.165, 1.54) is 4.31 Å². The maximum Gasteiger partial charge on any atom is 0.246 e. The van der Waals surface area contributed by atoms with Crippen molar-refractivity contribution < 1.29 is 17.2 Å². The van der Waals surface area contributed by atoms with Crippen LogP contribution in [0.25, 0.3) is 0 Å². The lowest BCUT2D eigenvalue weighted by Crippen LogP contribution is -2.44. The number of benzene rings is 1. The van der Waals surface area contributed by atoms with E-state index in [0.717, 1.165) is 18.9 Å². The van der Waals surface area contributed by atoms with Crippen LogP contribution in [0.3, 0.4) is 0 Å². The van der Waals surface area contributed by atoms with Gasteiger partial charge in [0.05, 0.1) is 5.69 Å². The van der Waals surface area contributed by atoms with Crippen molar-refractivity contribution in [1.82, 2.24) is 4.31 Å². The molecule has 2 atom stereocenters. The summed E-state index contributed by atoms with van der Waals surface area (Å²) in [4.78, 5) is -0.558. The SMILES string of the molecule is CC1CCN(S(=O)(=O)c2cc(N)c(F)cc2F)C(C)C1. The maximum atomic E-state index is 13.8. The maximum absolute atomic E-state index is 13.8. The van der Waals surface area contributed by atoms with Gasteiger partial charge in [0.2, 0.25) is 10.0 Å². The zero-order chi connectivity index (χ0) is 15.1. The normalized spacial score (nSPS) is 24.8. The number of hydrogen-bond acceptors (Lipinski definition) is 3. The summed E-state index contributed by atoms with van der Waals surface area (Å²) in [5.41, 5.74) is 4.98. The van der Waals surface area contributed by atoms with Crippen LogP contribution in [0.2, 0.25) is 0 Å². The standard InChI is InChI=1S/C13H18F2N2O2S/c1-8-3-4-17(9(2)5-8)20(18,19)13-7-12(16)10(14)6-11(13)15/h6-9H,3-5,16H2,1-2H3. The number of anilines is 1. The summed E-state index contributed by atoms with van der Waals surface area (Å²) < 4.78 is 53.2. The Kier molecular flexibility index (Phi) is 4.02.